The van der Waals surface area contributed by atoms with Gasteiger partial charge in [0.25, 0.3) is 0 Å². The molecule has 0 spiro atoms. The van der Waals surface area contributed by atoms with Gasteiger partial charge in [-0.05, 0) is 32.9 Å². The lowest BCUT2D eigenvalue weighted by Gasteiger charge is -2.19. The molecule has 0 atom stereocenters. The fraction of sp³-hybridized carbons (Fsp3) is 0.286. The van der Waals surface area contributed by atoms with Gasteiger partial charge >= 0.3 is 6.09 Å². The summed E-state index contributed by atoms with van der Waals surface area (Å²) < 4.78 is 5.10. The van der Waals surface area contributed by atoms with Gasteiger partial charge in [0.1, 0.15) is 5.60 Å². The first-order valence-electron chi connectivity index (χ1n) is 8.71. The lowest BCUT2D eigenvalue weighted by Crippen LogP contribution is -2.34. The monoisotopic (exact) mass is 368 g/mol. The molecule has 0 unspecified atom stereocenters. The number of hydrogen-bond donors (Lipinski definition) is 2. The summed E-state index contributed by atoms with van der Waals surface area (Å²) in [5.41, 5.74) is 1.02. The Morgan fingerprint density at radius 2 is 1.59 bits per heavy atom. The largest absolute Gasteiger partial charge is 0.444 e. The zero-order chi connectivity index (χ0) is 19.9. The topological polar surface area (TPSA) is 84.5 Å². The Morgan fingerprint density at radius 1 is 0.926 bits per heavy atom. The molecule has 2 N–H and O–H groups in total. The zero-order valence-corrected chi connectivity index (χ0v) is 15.7. The van der Waals surface area contributed by atoms with Crippen molar-refractivity contribution >= 4 is 23.5 Å². The Morgan fingerprint density at radius 3 is 2.26 bits per heavy atom. The van der Waals surface area contributed by atoms with Crippen molar-refractivity contribution < 1.29 is 19.1 Å². The van der Waals surface area contributed by atoms with E-state index < -0.39 is 11.7 Å². The predicted octanol–water partition coefficient (Wildman–Crippen LogP) is 3.77. The Bertz CT molecular complexity index is 810. The fourth-order valence-corrected chi connectivity index (χ4v) is 2.31. The lowest BCUT2D eigenvalue weighted by molar-refractivity contribution is -0.116. The van der Waals surface area contributed by atoms with Crippen LogP contribution >= 0.6 is 0 Å². The zero-order valence-electron chi connectivity index (χ0n) is 15.7. The quantitative estimate of drug-likeness (QED) is 0.760. The van der Waals surface area contributed by atoms with Gasteiger partial charge in [0, 0.05) is 29.8 Å². The van der Waals surface area contributed by atoms with Crippen molar-refractivity contribution in [1.29, 1.82) is 0 Å². The van der Waals surface area contributed by atoms with Crippen molar-refractivity contribution in [2.24, 2.45) is 0 Å². The summed E-state index contributed by atoms with van der Waals surface area (Å²) in [6.45, 7) is 5.46. The number of amides is 2. The molecule has 2 aromatic carbocycles. The average molecular weight is 368 g/mol. The number of carbonyl (C=O) groups excluding carboxylic acids is 3. The van der Waals surface area contributed by atoms with Crippen LogP contribution in [0.2, 0.25) is 0 Å². The number of carbonyl (C=O) groups is 3. The maximum atomic E-state index is 12.5. The third-order valence-corrected chi connectivity index (χ3v) is 3.46. The summed E-state index contributed by atoms with van der Waals surface area (Å²) in [7, 11) is 0. The van der Waals surface area contributed by atoms with Crippen LogP contribution in [-0.2, 0) is 9.53 Å². The molecule has 0 aromatic heterocycles. The Hall–Kier alpha value is -3.15. The first kappa shape index (κ1) is 20.2. The van der Waals surface area contributed by atoms with Crippen LogP contribution in [0.4, 0.5) is 10.5 Å². The standard InChI is InChI=1S/C21H24N2O4/c1-21(2,3)27-20(26)22-13-12-18(24)23-17-11-7-10-16(14-17)19(25)15-8-5-4-6-9-15/h4-11,14H,12-13H2,1-3H3,(H,22,26)(H,23,24). The number of benzene rings is 2. The van der Waals surface area contributed by atoms with Crippen LogP contribution in [0.3, 0.4) is 0 Å². The first-order chi connectivity index (χ1) is 12.7. The van der Waals surface area contributed by atoms with Crippen molar-refractivity contribution in [3.8, 4) is 0 Å². The molecule has 0 saturated heterocycles. The summed E-state index contributed by atoms with van der Waals surface area (Å²) >= 11 is 0. The van der Waals surface area contributed by atoms with Gasteiger partial charge in [-0.3, -0.25) is 9.59 Å². The molecule has 2 rings (SSSR count). The third kappa shape index (κ3) is 6.93. The molecule has 6 nitrogen and oxygen atoms in total. The van der Waals surface area contributed by atoms with E-state index >= 15 is 0 Å². The third-order valence-electron chi connectivity index (χ3n) is 3.46. The van der Waals surface area contributed by atoms with E-state index in [1.165, 1.54) is 0 Å². The average Bonchev–Trinajstić information content (AvgIpc) is 2.60. The minimum atomic E-state index is -0.585. The smallest absolute Gasteiger partial charge is 0.407 e. The number of nitrogens with one attached hydrogen (secondary N) is 2. The highest BCUT2D eigenvalue weighted by Crippen LogP contribution is 2.15. The first-order valence-corrected chi connectivity index (χ1v) is 8.71. The Labute approximate surface area is 158 Å². The van der Waals surface area contributed by atoms with Gasteiger partial charge in [-0.25, -0.2) is 4.79 Å². The van der Waals surface area contributed by atoms with Crippen LogP contribution in [0.15, 0.2) is 54.6 Å². The second kappa shape index (κ2) is 8.98. The maximum Gasteiger partial charge on any atom is 0.407 e. The molecule has 0 radical (unpaired) electrons. The number of anilines is 1. The van der Waals surface area contributed by atoms with Gasteiger partial charge in [-0.15, -0.1) is 0 Å². The van der Waals surface area contributed by atoms with E-state index in [9.17, 15) is 14.4 Å². The van der Waals surface area contributed by atoms with Crippen LogP contribution in [0, 0.1) is 0 Å². The lowest BCUT2D eigenvalue weighted by atomic mass is 10.0. The minimum Gasteiger partial charge on any atom is -0.444 e. The van der Waals surface area contributed by atoms with Crippen molar-refractivity contribution in [2.75, 3.05) is 11.9 Å². The van der Waals surface area contributed by atoms with E-state index in [2.05, 4.69) is 10.6 Å². The van der Waals surface area contributed by atoms with E-state index in [-0.39, 0.29) is 24.7 Å². The van der Waals surface area contributed by atoms with E-state index in [0.29, 0.717) is 16.8 Å². The van der Waals surface area contributed by atoms with Crippen LogP contribution in [0.5, 0.6) is 0 Å². The molecule has 142 valence electrons. The fourth-order valence-electron chi connectivity index (χ4n) is 2.31. The summed E-state index contributed by atoms with van der Waals surface area (Å²) in [6.07, 6.45) is -0.471. The molecule has 0 aliphatic heterocycles. The van der Waals surface area contributed by atoms with Crippen molar-refractivity contribution in [2.45, 2.75) is 32.8 Å². The molecule has 0 aliphatic rings. The molecule has 0 fully saturated rings. The summed E-state index contributed by atoms with van der Waals surface area (Å²) in [5.74, 6) is -0.381. The van der Waals surface area contributed by atoms with E-state index in [1.807, 2.05) is 6.07 Å². The number of ketones is 1. The Kier molecular flexibility index (Phi) is 6.71. The highest BCUT2D eigenvalue weighted by atomic mass is 16.6. The van der Waals surface area contributed by atoms with Crippen molar-refractivity contribution in [1.82, 2.24) is 5.32 Å². The van der Waals surface area contributed by atoms with Crippen LogP contribution in [0.1, 0.15) is 43.1 Å². The van der Waals surface area contributed by atoms with Gasteiger partial charge in [0.2, 0.25) is 5.91 Å². The molecular formula is C21H24N2O4. The molecule has 27 heavy (non-hydrogen) atoms. The van der Waals surface area contributed by atoms with Crippen LogP contribution in [-0.4, -0.2) is 29.9 Å². The molecule has 0 aliphatic carbocycles. The molecule has 0 heterocycles. The second-order valence-corrected chi connectivity index (χ2v) is 7.00. The number of alkyl carbamates (subject to hydrolysis) is 1. The minimum absolute atomic E-state index is 0.0934. The van der Waals surface area contributed by atoms with E-state index in [0.717, 1.165) is 0 Å². The van der Waals surface area contributed by atoms with Gasteiger partial charge in [0.05, 0.1) is 0 Å². The van der Waals surface area contributed by atoms with Gasteiger partial charge in [-0.2, -0.15) is 0 Å². The number of rotatable bonds is 6. The molecule has 2 amide bonds. The summed E-state index contributed by atoms with van der Waals surface area (Å²) in [6, 6.07) is 15.7. The normalized spacial score (nSPS) is 10.8. The number of hydrogen-bond acceptors (Lipinski definition) is 4. The SMILES string of the molecule is CC(C)(C)OC(=O)NCCC(=O)Nc1cccc(C(=O)c2ccccc2)c1. The van der Waals surface area contributed by atoms with Crippen LogP contribution in [0.25, 0.3) is 0 Å². The maximum absolute atomic E-state index is 12.5. The molecular weight excluding hydrogens is 344 g/mol. The Balaban J connectivity index is 1.88. The highest BCUT2D eigenvalue weighted by Gasteiger charge is 2.16. The molecule has 6 heteroatoms. The van der Waals surface area contributed by atoms with Gasteiger partial charge in [0.15, 0.2) is 5.78 Å². The van der Waals surface area contributed by atoms with Crippen LogP contribution < -0.4 is 10.6 Å². The van der Waals surface area contributed by atoms with Crippen molar-refractivity contribution in [3.05, 3.63) is 65.7 Å². The summed E-state index contributed by atoms with van der Waals surface area (Å²) in [5, 5.41) is 5.26. The predicted molar refractivity (Wildman–Crippen MR) is 104 cm³/mol. The molecule has 0 saturated carbocycles. The number of ether oxygens (including phenoxy) is 1. The highest BCUT2D eigenvalue weighted by molar-refractivity contribution is 6.09. The molecule has 0 bridgehead atoms. The van der Waals surface area contributed by atoms with Gasteiger partial charge < -0.3 is 15.4 Å². The van der Waals surface area contributed by atoms with Gasteiger partial charge in [-0.1, -0.05) is 42.5 Å². The van der Waals surface area contributed by atoms with E-state index in [1.54, 1.807) is 69.3 Å². The second-order valence-electron chi connectivity index (χ2n) is 7.00. The summed E-state index contributed by atoms with van der Waals surface area (Å²) in [4.78, 5) is 36.1. The van der Waals surface area contributed by atoms with Crippen molar-refractivity contribution in [3.63, 3.8) is 0 Å². The van der Waals surface area contributed by atoms with E-state index in [4.69, 9.17) is 4.74 Å². The molecule has 2 aromatic rings.